The summed E-state index contributed by atoms with van der Waals surface area (Å²) < 4.78 is 0. The van der Waals surface area contributed by atoms with Gasteiger partial charge < -0.3 is 10.2 Å². The highest BCUT2D eigenvalue weighted by Crippen LogP contribution is 2.31. The summed E-state index contributed by atoms with van der Waals surface area (Å²) in [6.07, 6.45) is 7.82. The molecule has 0 unspecified atom stereocenters. The number of likely N-dealkylation sites (tertiary alicyclic amines) is 2. The molecule has 4 rings (SSSR count). The van der Waals surface area contributed by atoms with Crippen molar-refractivity contribution < 1.29 is 4.79 Å². The van der Waals surface area contributed by atoms with Crippen molar-refractivity contribution in [3.05, 3.63) is 30.1 Å². The maximum Gasteiger partial charge on any atom is 0.224 e. The lowest BCUT2D eigenvalue weighted by molar-refractivity contribution is -0.132. The van der Waals surface area contributed by atoms with E-state index in [0.29, 0.717) is 30.5 Å². The second-order valence-corrected chi connectivity index (χ2v) is 6.79. The van der Waals surface area contributed by atoms with E-state index in [9.17, 15) is 4.79 Å². The molecule has 7 heteroatoms. The Bertz CT molecular complexity index is 537. The quantitative estimate of drug-likeness (QED) is 0.879. The number of fused-ring (bicyclic) bond motifs is 1. The van der Waals surface area contributed by atoms with Crippen LogP contribution in [0.1, 0.15) is 31.2 Å². The zero-order chi connectivity index (χ0) is 14.9. The first-order valence-corrected chi connectivity index (χ1v) is 8.47. The highest BCUT2D eigenvalue weighted by atomic mass is 35.5. The minimum absolute atomic E-state index is 0. The van der Waals surface area contributed by atoms with E-state index in [4.69, 9.17) is 0 Å². The van der Waals surface area contributed by atoms with E-state index in [1.165, 1.54) is 5.56 Å². The molecule has 1 aromatic rings. The summed E-state index contributed by atoms with van der Waals surface area (Å²) in [5, 5.41) is 3.48. The number of rotatable bonds is 3. The number of carbonyl (C=O) groups is 1. The zero-order valence-corrected chi connectivity index (χ0v) is 15.4. The fourth-order valence-electron chi connectivity index (χ4n) is 4.35. The van der Waals surface area contributed by atoms with Crippen LogP contribution in [0.2, 0.25) is 0 Å². The Morgan fingerprint density at radius 1 is 1.21 bits per heavy atom. The van der Waals surface area contributed by atoms with E-state index in [0.717, 1.165) is 45.4 Å². The topological polar surface area (TPSA) is 48.5 Å². The Balaban J connectivity index is 0.00000104. The van der Waals surface area contributed by atoms with Crippen molar-refractivity contribution in [2.75, 3.05) is 19.6 Å². The van der Waals surface area contributed by atoms with Crippen LogP contribution >= 0.6 is 24.8 Å². The molecule has 0 radical (unpaired) electrons. The number of aromatic nitrogens is 1. The van der Waals surface area contributed by atoms with E-state index in [1.807, 2.05) is 18.5 Å². The van der Waals surface area contributed by atoms with E-state index in [-0.39, 0.29) is 24.8 Å². The minimum atomic E-state index is 0. The molecule has 0 spiro atoms. The second-order valence-electron chi connectivity index (χ2n) is 6.79. The van der Waals surface area contributed by atoms with Crippen LogP contribution in [0.15, 0.2) is 24.5 Å². The number of hydrogen-bond acceptors (Lipinski definition) is 4. The van der Waals surface area contributed by atoms with Gasteiger partial charge in [0.05, 0.1) is 0 Å². The summed E-state index contributed by atoms with van der Waals surface area (Å²) in [7, 11) is 0. The van der Waals surface area contributed by atoms with Crippen molar-refractivity contribution in [1.82, 2.24) is 20.1 Å². The van der Waals surface area contributed by atoms with Gasteiger partial charge in [-0.1, -0.05) is 6.07 Å². The number of amides is 1. The fourth-order valence-corrected chi connectivity index (χ4v) is 4.35. The number of piperidine rings is 1. The second kappa shape index (κ2) is 8.48. The van der Waals surface area contributed by atoms with Crippen LogP contribution in [0.4, 0.5) is 0 Å². The summed E-state index contributed by atoms with van der Waals surface area (Å²) in [5.41, 5.74) is 1.28. The van der Waals surface area contributed by atoms with Crippen LogP contribution in [-0.4, -0.2) is 58.5 Å². The molecule has 1 amide bonds. The van der Waals surface area contributed by atoms with Crippen LogP contribution in [-0.2, 0) is 11.3 Å². The first-order valence-electron chi connectivity index (χ1n) is 8.47. The number of carbonyl (C=O) groups excluding carboxylic acids is 1. The largest absolute Gasteiger partial charge is 0.335 e. The smallest absolute Gasteiger partial charge is 0.224 e. The zero-order valence-electron chi connectivity index (χ0n) is 13.8. The SMILES string of the molecule is Cl.Cl.O=C1C[C@H]2NCC[C@H]2N1C1CCN(Cc2cccnc2)CC1. The Morgan fingerprint density at radius 2 is 2.00 bits per heavy atom. The Kier molecular flexibility index (Phi) is 6.87. The number of halogens is 2. The van der Waals surface area contributed by atoms with Crippen LogP contribution in [0.25, 0.3) is 0 Å². The molecule has 0 bridgehead atoms. The van der Waals surface area contributed by atoms with Crippen molar-refractivity contribution in [2.45, 2.75) is 50.4 Å². The predicted molar refractivity (Wildman–Crippen MR) is 98.7 cm³/mol. The van der Waals surface area contributed by atoms with Gasteiger partial charge in [-0.05, 0) is 37.4 Å². The maximum absolute atomic E-state index is 12.3. The van der Waals surface area contributed by atoms with Crippen molar-refractivity contribution in [3.63, 3.8) is 0 Å². The molecular formula is C17H26Cl2N4O. The third kappa shape index (κ3) is 3.85. The summed E-state index contributed by atoms with van der Waals surface area (Å²) in [6.45, 7) is 4.20. The van der Waals surface area contributed by atoms with Gasteiger partial charge in [-0.25, -0.2) is 0 Å². The molecule has 3 aliphatic heterocycles. The van der Waals surface area contributed by atoms with Gasteiger partial charge in [0.1, 0.15) is 0 Å². The summed E-state index contributed by atoms with van der Waals surface area (Å²) in [4.78, 5) is 21.2. The lowest BCUT2D eigenvalue weighted by atomic mass is 10.0. The lowest BCUT2D eigenvalue weighted by Crippen LogP contribution is -2.49. The molecule has 0 aliphatic carbocycles. The number of pyridine rings is 1. The highest BCUT2D eigenvalue weighted by molar-refractivity contribution is 5.85. The molecule has 1 aromatic heterocycles. The molecule has 24 heavy (non-hydrogen) atoms. The van der Waals surface area contributed by atoms with Crippen LogP contribution in [0.3, 0.4) is 0 Å². The van der Waals surface area contributed by atoms with E-state index < -0.39 is 0 Å². The first kappa shape index (κ1) is 19.4. The normalized spacial score (nSPS) is 27.5. The molecule has 1 N–H and O–H groups in total. The first-order chi connectivity index (χ1) is 10.8. The van der Waals surface area contributed by atoms with Gasteiger partial charge in [-0.2, -0.15) is 0 Å². The van der Waals surface area contributed by atoms with E-state index in [2.05, 4.69) is 26.2 Å². The third-order valence-electron chi connectivity index (χ3n) is 5.43. The van der Waals surface area contributed by atoms with Crippen LogP contribution in [0, 0.1) is 0 Å². The molecule has 3 fully saturated rings. The molecule has 3 saturated heterocycles. The van der Waals surface area contributed by atoms with E-state index in [1.54, 1.807) is 0 Å². The van der Waals surface area contributed by atoms with Crippen molar-refractivity contribution in [1.29, 1.82) is 0 Å². The van der Waals surface area contributed by atoms with E-state index >= 15 is 0 Å². The van der Waals surface area contributed by atoms with Crippen LogP contribution in [0.5, 0.6) is 0 Å². The number of hydrogen-bond donors (Lipinski definition) is 1. The van der Waals surface area contributed by atoms with Crippen molar-refractivity contribution in [2.24, 2.45) is 0 Å². The number of nitrogens with one attached hydrogen (secondary N) is 1. The van der Waals surface area contributed by atoms with Gasteiger partial charge in [0.25, 0.3) is 0 Å². The van der Waals surface area contributed by atoms with Crippen LogP contribution < -0.4 is 5.32 Å². The Morgan fingerprint density at radius 3 is 2.71 bits per heavy atom. The van der Waals surface area contributed by atoms with Gasteiger partial charge >= 0.3 is 0 Å². The average Bonchev–Trinajstić information content (AvgIpc) is 3.09. The fraction of sp³-hybridized carbons (Fsp3) is 0.647. The summed E-state index contributed by atoms with van der Waals surface area (Å²) >= 11 is 0. The molecule has 0 saturated carbocycles. The maximum atomic E-state index is 12.3. The van der Waals surface area contributed by atoms with Gasteiger partial charge in [-0.3, -0.25) is 14.7 Å². The lowest BCUT2D eigenvalue weighted by Gasteiger charge is -2.39. The minimum Gasteiger partial charge on any atom is -0.335 e. The van der Waals surface area contributed by atoms with Crippen molar-refractivity contribution in [3.8, 4) is 0 Å². The van der Waals surface area contributed by atoms with Crippen molar-refractivity contribution >= 4 is 30.7 Å². The molecule has 3 aliphatic rings. The van der Waals surface area contributed by atoms with Gasteiger partial charge in [-0.15, -0.1) is 24.8 Å². The summed E-state index contributed by atoms with van der Waals surface area (Å²) in [5.74, 6) is 0.368. The highest BCUT2D eigenvalue weighted by Gasteiger charge is 2.45. The average molecular weight is 373 g/mol. The van der Waals surface area contributed by atoms with Gasteiger partial charge in [0, 0.05) is 56.6 Å². The number of nitrogens with zero attached hydrogens (tertiary/aromatic N) is 3. The molecule has 4 heterocycles. The molecule has 5 nitrogen and oxygen atoms in total. The predicted octanol–water partition coefficient (Wildman–Crippen LogP) is 1.85. The monoisotopic (exact) mass is 372 g/mol. The molecule has 2 atom stereocenters. The molecule has 134 valence electrons. The molecular weight excluding hydrogens is 347 g/mol. The standard InChI is InChI=1S/C17H24N4O.2ClH/c22-17-10-15-16(3-7-19-15)21(17)14-4-8-20(9-5-14)12-13-2-1-6-18-11-13;;/h1-2,6,11,14-16,19H,3-5,7-10,12H2;2*1H/t15-,16-;;/m1../s1. The van der Waals surface area contributed by atoms with Gasteiger partial charge in [0.15, 0.2) is 0 Å². The summed E-state index contributed by atoms with van der Waals surface area (Å²) in [6, 6.07) is 5.46. The Hall–Kier alpha value is -0.880. The Labute approximate surface area is 156 Å². The molecule has 0 aromatic carbocycles. The van der Waals surface area contributed by atoms with Gasteiger partial charge in [0.2, 0.25) is 5.91 Å². The third-order valence-corrected chi connectivity index (χ3v) is 5.43.